The highest BCUT2D eigenvalue weighted by Gasteiger charge is 2.19. The molecule has 4 nitrogen and oxygen atoms in total. The van der Waals surface area contributed by atoms with Gasteiger partial charge in [0.25, 0.3) is 5.91 Å². The number of rotatable bonds is 6. The lowest BCUT2D eigenvalue weighted by Crippen LogP contribution is -2.35. The highest BCUT2D eigenvalue weighted by atomic mass is 79.9. The quantitative estimate of drug-likeness (QED) is 0.863. The molecular formula is C15H23BrN2O2. The van der Waals surface area contributed by atoms with Gasteiger partial charge in [0.1, 0.15) is 5.75 Å². The maximum atomic E-state index is 11.9. The molecule has 0 heterocycles. The van der Waals surface area contributed by atoms with Crippen LogP contribution in [0.2, 0.25) is 0 Å². The fourth-order valence-corrected chi connectivity index (χ4v) is 2.33. The highest BCUT2D eigenvalue weighted by Crippen LogP contribution is 2.29. The fourth-order valence-electron chi connectivity index (χ4n) is 1.99. The number of hydrogen-bond acceptors (Lipinski definition) is 3. The maximum Gasteiger partial charge on any atom is 0.262 e. The van der Waals surface area contributed by atoms with E-state index < -0.39 is 6.10 Å². The highest BCUT2D eigenvalue weighted by molar-refractivity contribution is 9.10. The van der Waals surface area contributed by atoms with Crippen molar-refractivity contribution in [1.29, 1.82) is 0 Å². The lowest BCUT2D eigenvalue weighted by Gasteiger charge is -2.22. The van der Waals surface area contributed by atoms with Crippen LogP contribution in [0, 0.1) is 0 Å². The van der Waals surface area contributed by atoms with E-state index in [1.165, 1.54) is 4.90 Å². The van der Waals surface area contributed by atoms with Crippen molar-refractivity contribution in [1.82, 2.24) is 10.2 Å². The molecule has 1 aromatic rings. The van der Waals surface area contributed by atoms with E-state index in [1.54, 1.807) is 21.0 Å². The van der Waals surface area contributed by atoms with E-state index in [9.17, 15) is 4.79 Å². The first-order valence-electron chi connectivity index (χ1n) is 6.77. The third kappa shape index (κ3) is 4.49. The summed E-state index contributed by atoms with van der Waals surface area (Å²) in [7, 11) is 3.45. The van der Waals surface area contributed by atoms with Crippen LogP contribution in [-0.4, -0.2) is 37.6 Å². The molecule has 1 aromatic carbocycles. The van der Waals surface area contributed by atoms with Crippen LogP contribution in [0.15, 0.2) is 22.7 Å². The average molecular weight is 343 g/mol. The van der Waals surface area contributed by atoms with Gasteiger partial charge in [-0.3, -0.25) is 4.79 Å². The van der Waals surface area contributed by atoms with E-state index in [0.29, 0.717) is 0 Å². The monoisotopic (exact) mass is 342 g/mol. The number of halogens is 1. The van der Waals surface area contributed by atoms with Crippen molar-refractivity contribution in [2.75, 3.05) is 20.6 Å². The molecule has 0 aliphatic heterocycles. The van der Waals surface area contributed by atoms with Crippen molar-refractivity contribution in [2.24, 2.45) is 0 Å². The molecule has 5 heteroatoms. The zero-order valence-corrected chi connectivity index (χ0v) is 14.3. The SMILES string of the molecule is CCNC(C)c1ccc(Br)cc1OC(C)C(=O)N(C)C. The van der Waals surface area contributed by atoms with Crippen LogP contribution in [0.3, 0.4) is 0 Å². The zero-order valence-electron chi connectivity index (χ0n) is 12.7. The summed E-state index contributed by atoms with van der Waals surface area (Å²) in [4.78, 5) is 13.5. The number of ether oxygens (including phenoxy) is 1. The number of nitrogens with one attached hydrogen (secondary N) is 1. The number of benzene rings is 1. The van der Waals surface area contributed by atoms with Crippen molar-refractivity contribution >= 4 is 21.8 Å². The molecule has 0 spiro atoms. The van der Waals surface area contributed by atoms with Gasteiger partial charge in [-0.2, -0.15) is 0 Å². The summed E-state index contributed by atoms with van der Waals surface area (Å²) in [5.74, 6) is 0.683. The first kappa shape index (κ1) is 17.0. The van der Waals surface area contributed by atoms with Crippen LogP contribution >= 0.6 is 15.9 Å². The molecule has 1 amide bonds. The van der Waals surface area contributed by atoms with Gasteiger partial charge in [0.2, 0.25) is 0 Å². The lowest BCUT2D eigenvalue weighted by molar-refractivity contribution is -0.135. The molecule has 1 N–H and O–H groups in total. The summed E-state index contributed by atoms with van der Waals surface area (Å²) in [5.41, 5.74) is 1.05. The number of hydrogen-bond donors (Lipinski definition) is 1. The Hall–Kier alpha value is -1.07. The second kappa shape index (κ2) is 7.64. The van der Waals surface area contributed by atoms with Crippen molar-refractivity contribution in [3.05, 3.63) is 28.2 Å². The number of carbonyl (C=O) groups is 1. The number of amides is 1. The zero-order chi connectivity index (χ0) is 15.3. The summed E-state index contributed by atoms with van der Waals surface area (Å²) < 4.78 is 6.79. The standard InChI is InChI=1S/C15H23BrN2O2/c1-6-17-10(2)13-8-7-12(16)9-14(13)20-11(3)15(19)18(4)5/h7-11,17H,6H2,1-5H3. The normalized spacial score (nSPS) is 13.7. The summed E-state index contributed by atoms with van der Waals surface area (Å²) in [6, 6.07) is 6.07. The van der Waals surface area contributed by atoms with E-state index in [0.717, 1.165) is 22.3 Å². The first-order chi connectivity index (χ1) is 9.36. The topological polar surface area (TPSA) is 41.6 Å². The van der Waals surface area contributed by atoms with Gasteiger partial charge in [-0.1, -0.05) is 28.9 Å². The summed E-state index contributed by atoms with van der Waals surface area (Å²) >= 11 is 3.44. The largest absolute Gasteiger partial charge is 0.481 e. The molecule has 0 saturated heterocycles. The van der Waals surface area contributed by atoms with Crippen molar-refractivity contribution in [3.63, 3.8) is 0 Å². The Kier molecular flexibility index (Phi) is 6.49. The molecule has 1 rings (SSSR count). The van der Waals surface area contributed by atoms with Gasteiger partial charge in [0, 0.05) is 30.2 Å². The third-order valence-electron chi connectivity index (χ3n) is 3.04. The molecule has 112 valence electrons. The van der Waals surface area contributed by atoms with Crippen molar-refractivity contribution < 1.29 is 9.53 Å². The van der Waals surface area contributed by atoms with Crippen LogP contribution in [0.25, 0.3) is 0 Å². The van der Waals surface area contributed by atoms with E-state index in [-0.39, 0.29) is 11.9 Å². The molecule has 0 radical (unpaired) electrons. The molecule has 2 atom stereocenters. The number of nitrogens with zero attached hydrogens (tertiary/aromatic N) is 1. The molecule has 20 heavy (non-hydrogen) atoms. The molecule has 0 aromatic heterocycles. The summed E-state index contributed by atoms with van der Waals surface area (Å²) in [6.45, 7) is 6.79. The predicted molar refractivity (Wildman–Crippen MR) is 85.0 cm³/mol. The molecule has 0 saturated carbocycles. The van der Waals surface area contributed by atoms with Gasteiger partial charge in [0.15, 0.2) is 6.10 Å². The van der Waals surface area contributed by atoms with E-state index in [1.807, 2.05) is 18.2 Å². The summed E-state index contributed by atoms with van der Waals surface area (Å²) in [6.07, 6.45) is -0.508. The second-order valence-corrected chi connectivity index (χ2v) is 5.87. The maximum absolute atomic E-state index is 11.9. The number of carbonyl (C=O) groups excluding carboxylic acids is 1. The van der Waals surface area contributed by atoms with Gasteiger partial charge >= 0.3 is 0 Å². The molecule has 0 aliphatic carbocycles. The van der Waals surface area contributed by atoms with Gasteiger partial charge in [-0.25, -0.2) is 0 Å². The Morgan fingerprint density at radius 2 is 2.05 bits per heavy atom. The smallest absolute Gasteiger partial charge is 0.262 e. The van der Waals surface area contributed by atoms with Crippen LogP contribution in [0.4, 0.5) is 0 Å². The van der Waals surface area contributed by atoms with E-state index in [4.69, 9.17) is 4.74 Å². The van der Waals surface area contributed by atoms with Gasteiger partial charge in [-0.05, 0) is 32.5 Å². The Balaban J connectivity index is 2.98. The minimum atomic E-state index is -0.508. The van der Waals surface area contributed by atoms with Gasteiger partial charge < -0.3 is 15.0 Å². The average Bonchev–Trinajstić information content (AvgIpc) is 2.37. The van der Waals surface area contributed by atoms with Crippen LogP contribution in [0.5, 0.6) is 5.75 Å². The van der Waals surface area contributed by atoms with E-state index >= 15 is 0 Å². The first-order valence-corrected chi connectivity index (χ1v) is 7.56. The Morgan fingerprint density at radius 3 is 2.60 bits per heavy atom. The Labute approximate surface area is 129 Å². The molecule has 0 fully saturated rings. The minimum absolute atomic E-state index is 0.0490. The second-order valence-electron chi connectivity index (χ2n) is 4.95. The molecule has 0 aliphatic rings. The molecule has 2 unspecified atom stereocenters. The van der Waals surface area contributed by atoms with Gasteiger partial charge in [-0.15, -0.1) is 0 Å². The Morgan fingerprint density at radius 1 is 1.40 bits per heavy atom. The lowest BCUT2D eigenvalue weighted by atomic mass is 10.1. The molecule has 0 bridgehead atoms. The van der Waals surface area contributed by atoms with Gasteiger partial charge in [0.05, 0.1) is 0 Å². The van der Waals surface area contributed by atoms with Crippen LogP contribution in [0.1, 0.15) is 32.4 Å². The number of likely N-dealkylation sites (N-methyl/N-ethyl adjacent to an activating group) is 1. The van der Waals surface area contributed by atoms with Crippen LogP contribution < -0.4 is 10.1 Å². The third-order valence-corrected chi connectivity index (χ3v) is 3.54. The predicted octanol–water partition coefficient (Wildman–Crippen LogP) is 2.98. The van der Waals surface area contributed by atoms with Crippen molar-refractivity contribution in [3.8, 4) is 5.75 Å². The van der Waals surface area contributed by atoms with Crippen molar-refractivity contribution in [2.45, 2.75) is 32.9 Å². The Bertz CT molecular complexity index is 463. The van der Waals surface area contributed by atoms with Crippen LogP contribution in [-0.2, 0) is 4.79 Å². The van der Waals surface area contributed by atoms with E-state index in [2.05, 4.69) is 35.1 Å². The fraction of sp³-hybridized carbons (Fsp3) is 0.533. The minimum Gasteiger partial charge on any atom is -0.481 e. The summed E-state index contributed by atoms with van der Waals surface area (Å²) in [5, 5.41) is 3.36. The molecular weight excluding hydrogens is 320 g/mol.